The molecule has 0 aliphatic rings. The van der Waals surface area contributed by atoms with Crippen LogP contribution in [0.25, 0.3) is 0 Å². The second-order valence-corrected chi connectivity index (χ2v) is 3.30. The number of terminal acetylenes is 1. The Morgan fingerprint density at radius 2 is 2.44 bits per heavy atom. The molecule has 0 spiro atoms. The standard InChI is InChI=1S/C10H10ClN3O2/c1-3-5-14(4-2)10-12-6-7(11)8(13-10)9(15)16/h1,6H,4-5H2,2H3,(H,15,16). The predicted molar refractivity (Wildman–Crippen MR) is 60.7 cm³/mol. The van der Waals surface area contributed by atoms with Crippen LogP contribution in [0.2, 0.25) is 5.02 Å². The van der Waals surface area contributed by atoms with Gasteiger partial charge in [-0.15, -0.1) is 6.42 Å². The molecule has 0 saturated carbocycles. The lowest BCUT2D eigenvalue weighted by atomic mass is 10.4. The quantitative estimate of drug-likeness (QED) is 0.802. The van der Waals surface area contributed by atoms with Gasteiger partial charge in [0.1, 0.15) is 0 Å². The summed E-state index contributed by atoms with van der Waals surface area (Å²) in [6, 6.07) is 0. The zero-order valence-corrected chi connectivity index (χ0v) is 9.40. The molecule has 0 atom stereocenters. The number of halogens is 1. The smallest absolute Gasteiger partial charge is 0.356 e. The molecule has 0 unspecified atom stereocenters. The lowest BCUT2D eigenvalue weighted by Crippen LogP contribution is -2.25. The van der Waals surface area contributed by atoms with Crippen LogP contribution in [-0.4, -0.2) is 34.1 Å². The lowest BCUT2D eigenvalue weighted by Gasteiger charge is -2.17. The molecule has 1 aromatic rings. The van der Waals surface area contributed by atoms with Gasteiger partial charge in [0, 0.05) is 6.54 Å². The normalized spacial score (nSPS) is 9.56. The highest BCUT2D eigenvalue weighted by molar-refractivity contribution is 6.33. The van der Waals surface area contributed by atoms with Gasteiger partial charge in [0.15, 0.2) is 5.69 Å². The van der Waals surface area contributed by atoms with E-state index in [0.29, 0.717) is 13.1 Å². The van der Waals surface area contributed by atoms with Crippen LogP contribution in [0, 0.1) is 12.3 Å². The number of hydrogen-bond acceptors (Lipinski definition) is 4. The third kappa shape index (κ3) is 2.61. The molecule has 0 aromatic carbocycles. The van der Waals surface area contributed by atoms with E-state index in [0.717, 1.165) is 0 Å². The molecule has 5 nitrogen and oxygen atoms in total. The van der Waals surface area contributed by atoms with E-state index in [1.54, 1.807) is 4.90 Å². The van der Waals surface area contributed by atoms with Gasteiger partial charge in [0.25, 0.3) is 0 Å². The van der Waals surface area contributed by atoms with Crippen LogP contribution < -0.4 is 4.90 Å². The first-order chi connectivity index (χ1) is 7.60. The van der Waals surface area contributed by atoms with Crippen LogP contribution in [0.1, 0.15) is 17.4 Å². The van der Waals surface area contributed by atoms with Gasteiger partial charge >= 0.3 is 5.97 Å². The van der Waals surface area contributed by atoms with Gasteiger partial charge in [-0.25, -0.2) is 14.8 Å². The first-order valence-corrected chi connectivity index (χ1v) is 4.92. The summed E-state index contributed by atoms with van der Waals surface area (Å²) in [4.78, 5) is 20.3. The monoisotopic (exact) mass is 239 g/mol. The molecule has 84 valence electrons. The molecule has 1 rings (SSSR count). The Morgan fingerprint density at radius 3 is 2.94 bits per heavy atom. The number of hydrogen-bond donors (Lipinski definition) is 1. The molecule has 0 fully saturated rings. The SMILES string of the molecule is C#CCN(CC)c1ncc(Cl)c(C(=O)O)n1. The lowest BCUT2D eigenvalue weighted by molar-refractivity contribution is 0.0690. The highest BCUT2D eigenvalue weighted by Crippen LogP contribution is 2.16. The Kier molecular flexibility index (Phi) is 4.09. The maximum atomic E-state index is 10.8. The van der Waals surface area contributed by atoms with Crippen LogP contribution in [0.4, 0.5) is 5.95 Å². The van der Waals surface area contributed by atoms with E-state index in [1.165, 1.54) is 6.20 Å². The van der Waals surface area contributed by atoms with Crippen molar-refractivity contribution in [3.63, 3.8) is 0 Å². The molecule has 0 saturated heterocycles. The minimum Gasteiger partial charge on any atom is -0.476 e. The van der Waals surface area contributed by atoms with E-state index < -0.39 is 5.97 Å². The predicted octanol–water partition coefficient (Wildman–Crippen LogP) is 1.29. The van der Waals surface area contributed by atoms with E-state index in [9.17, 15) is 4.79 Å². The van der Waals surface area contributed by atoms with Crippen molar-refractivity contribution in [3.8, 4) is 12.3 Å². The third-order valence-electron chi connectivity index (χ3n) is 1.88. The Morgan fingerprint density at radius 1 is 1.75 bits per heavy atom. The Balaban J connectivity index is 3.11. The molecule has 0 aliphatic heterocycles. The first kappa shape index (κ1) is 12.3. The summed E-state index contributed by atoms with van der Waals surface area (Å²) in [5, 5.41) is 8.85. The molecular formula is C10H10ClN3O2. The zero-order chi connectivity index (χ0) is 12.1. The molecule has 1 N–H and O–H groups in total. The minimum atomic E-state index is -1.19. The van der Waals surface area contributed by atoms with Crippen molar-refractivity contribution < 1.29 is 9.90 Å². The van der Waals surface area contributed by atoms with Crippen molar-refractivity contribution in [1.29, 1.82) is 0 Å². The number of carboxylic acids is 1. The van der Waals surface area contributed by atoms with Gasteiger partial charge in [-0.1, -0.05) is 17.5 Å². The van der Waals surface area contributed by atoms with E-state index in [2.05, 4.69) is 15.9 Å². The minimum absolute atomic E-state index is 0.00742. The Hall–Kier alpha value is -1.80. The molecule has 0 bridgehead atoms. The van der Waals surface area contributed by atoms with Crippen molar-refractivity contribution in [1.82, 2.24) is 9.97 Å². The molecule has 1 heterocycles. The van der Waals surface area contributed by atoms with Gasteiger partial charge in [-0.3, -0.25) is 0 Å². The van der Waals surface area contributed by atoms with Gasteiger partial charge in [-0.05, 0) is 6.92 Å². The number of anilines is 1. The van der Waals surface area contributed by atoms with Gasteiger partial charge < -0.3 is 10.0 Å². The number of nitrogens with zero attached hydrogens (tertiary/aromatic N) is 3. The van der Waals surface area contributed by atoms with E-state index >= 15 is 0 Å². The van der Waals surface area contributed by atoms with Crippen molar-refractivity contribution in [2.45, 2.75) is 6.92 Å². The summed E-state index contributed by atoms with van der Waals surface area (Å²) < 4.78 is 0. The fraction of sp³-hybridized carbons (Fsp3) is 0.300. The van der Waals surface area contributed by atoms with Gasteiger partial charge in [0.2, 0.25) is 5.95 Å². The fourth-order valence-corrected chi connectivity index (χ4v) is 1.27. The van der Waals surface area contributed by atoms with Crippen LogP contribution in [-0.2, 0) is 0 Å². The molecule has 16 heavy (non-hydrogen) atoms. The maximum absolute atomic E-state index is 10.8. The number of aromatic nitrogens is 2. The van der Waals surface area contributed by atoms with Crippen LogP contribution in [0.5, 0.6) is 0 Å². The van der Waals surface area contributed by atoms with E-state index in [-0.39, 0.29) is 16.7 Å². The molecular weight excluding hydrogens is 230 g/mol. The van der Waals surface area contributed by atoms with Crippen molar-refractivity contribution in [2.75, 3.05) is 18.0 Å². The zero-order valence-electron chi connectivity index (χ0n) is 8.64. The fourth-order valence-electron chi connectivity index (χ4n) is 1.09. The summed E-state index contributed by atoms with van der Waals surface area (Å²) in [7, 11) is 0. The maximum Gasteiger partial charge on any atom is 0.356 e. The van der Waals surface area contributed by atoms with Crippen LogP contribution >= 0.6 is 11.6 Å². The largest absolute Gasteiger partial charge is 0.476 e. The summed E-state index contributed by atoms with van der Waals surface area (Å²) in [6.07, 6.45) is 6.44. The van der Waals surface area contributed by atoms with E-state index in [4.69, 9.17) is 23.1 Å². The summed E-state index contributed by atoms with van der Waals surface area (Å²) in [5.74, 6) is 1.52. The van der Waals surface area contributed by atoms with Crippen LogP contribution in [0.3, 0.4) is 0 Å². The van der Waals surface area contributed by atoms with Crippen molar-refractivity contribution in [3.05, 3.63) is 16.9 Å². The highest BCUT2D eigenvalue weighted by atomic mass is 35.5. The average Bonchev–Trinajstić information content (AvgIpc) is 2.26. The average molecular weight is 240 g/mol. The summed E-state index contributed by atoms with van der Waals surface area (Å²) >= 11 is 5.65. The molecule has 1 aromatic heterocycles. The Bertz CT molecular complexity index is 442. The number of carbonyl (C=O) groups is 1. The third-order valence-corrected chi connectivity index (χ3v) is 2.16. The van der Waals surface area contributed by atoms with Crippen molar-refractivity contribution >= 4 is 23.5 Å². The Labute approximate surface area is 98.1 Å². The summed E-state index contributed by atoms with van der Waals surface area (Å²) in [5.41, 5.74) is -0.220. The van der Waals surface area contributed by atoms with Crippen LogP contribution in [0.15, 0.2) is 6.20 Å². The second-order valence-electron chi connectivity index (χ2n) is 2.89. The number of carboxylic acid groups (broad SMARTS) is 1. The molecule has 0 radical (unpaired) electrons. The number of rotatable bonds is 4. The highest BCUT2D eigenvalue weighted by Gasteiger charge is 2.15. The molecule has 0 aliphatic carbocycles. The number of aromatic carboxylic acids is 1. The van der Waals surface area contributed by atoms with Gasteiger partial charge in [-0.2, -0.15) is 0 Å². The van der Waals surface area contributed by atoms with Crippen molar-refractivity contribution in [2.24, 2.45) is 0 Å². The van der Waals surface area contributed by atoms with Gasteiger partial charge in [0.05, 0.1) is 17.8 Å². The first-order valence-electron chi connectivity index (χ1n) is 4.54. The molecule has 0 amide bonds. The topological polar surface area (TPSA) is 66.3 Å². The molecule has 6 heteroatoms. The second kappa shape index (κ2) is 5.33. The summed E-state index contributed by atoms with van der Waals surface area (Å²) in [6.45, 7) is 2.78. The van der Waals surface area contributed by atoms with E-state index in [1.807, 2.05) is 6.92 Å².